The van der Waals surface area contributed by atoms with Crippen LogP contribution in [0.1, 0.15) is 5.56 Å². The molecule has 0 aliphatic carbocycles. The molecule has 106 valence electrons. The summed E-state index contributed by atoms with van der Waals surface area (Å²) in [5, 5.41) is -0.0554. The van der Waals surface area contributed by atoms with Crippen molar-refractivity contribution in [2.75, 3.05) is 12.8 Å². The Balaban J connectivity index is 2.06. The van der Waals surface area contributed by atoms with Gasteiger partial charge in [-0.25, -0.2) is 18.1 Å². The van der Waals surface area contributed by atoms with Crippen molar-refractivity contribution in [3.63, 3.8) is 0 Å². The van der Waals surface area contributed by atoms with Crippen molar-refractivity contribution in [3.05, 3.63) is 48.2 Å². The number of rotatable bonds is 5. The van der Waals surface area contributed by atoms with Crippen molar-refractivity contribution in [1.29, 1.82) is 0 Å². The number of hydrogen-bond acceptors (Lipinski definition) is 5. The molecule has 3 N–H and O–H groups in total. The smallest absolute Gasteiger partial charge is 0.258 e. The zero-order valence-corrected chi connectivity index (χ0v) is 11.7. The van der Waals surface area contributed by atoms with Crippen LogP contribution in [0.4, 0.5) is 5.69 Å². The van der Waals surface area contributed by atoms with Crippen LogP contribution < -0.4 is 15.2 Å². The summed E-state index contributed by atoms with van der Waals surface area (Å²) in [5.41, 5.74) is 6.71. The Morgan fingerprint density at radius 1 is 1.20 bits per heavy atom. The van der Waals surface area contributed by atoms with E-state index in [0.29, 0.717) is 5.69 Å². The lowest BCUT2D eigenvalue weighted by Crippen LogP contribution is -2.24. The molecular weight excluding hydrogens is 278 g/mol. The zero-order valence-electron chi connectivity index (χ0n) is 10.9. The summed E-state index contributed by atoms with van der Waals surface area (Å²) in [5.74, 6) is 0.719. The molecule has 7 heteroatoms. The predicted molar refractivity (Wildman–Crippen MR) is 75.7 cm³/mol. The van der Waals surface area contributed by atoms with E-state index in [2.05, 4.69) is 9.71 Å². The van der Waals surface area contributed by atoms with Crippen LogP contribution in [0.25, 0.3) is 0 Å². The van der Waals surface area contributed by atoms with Gasteiger partial charge in [-0.05, 0) is 29.8 Å². The van der Waals surface area contributed by atoms with E-state index in [1.165, 1.54) is 18.3 Å². The topological polar surface area (TPSA) is 94.3 Å². The lowest BCUT2D eigenvalue weighted by atomic mass is 10.2. The van der Waals surface area contributed by atoms with Crippen LogP contribution >= 0.6 is 0 Å². The Kier molecular flexibility index (Phi) is 4.21. The first-order chi connectivity index (χ1) is 9.51. The molecule has 2 aromatic rings. The summed E-state index contributed by atoms with van der Waals surface area (Å²) in [4.78, 5) is 3.79. The number of nitrogens with zero attached hydrogens (tertiary/aromatic N) is 1. The summed E-state index contributed by atoms with van der Waals surface area (Å²) in [6, 6.07) is 9.98. The molecule has 6 nitrogen and oxygen atoms in total. The number of nitrogen functional groups attached to an aromatic ring is 1. The lowest BCUT2D eigenvalue weighted by Gasteiger charge is -2.07. The van der Waals surface area contributed by atoms with Crippen LogP contribution in [0.2, 0.25) is 0 Å². The molecule has 2 rings (SSSR count). The number of sulfonamides is 1. The third-order valence-corrected chi connectivity index (χ3v) is 3.98. The van der Waals surface area contributed by atoms with E-state index in [9.17, 15) is 8.42 Å². The number of aromatic nitrogens is 1. The van der Waals surface area contributed by atoms with E-state index in [1.54, 1.807) is 31.4 Å². The fraction of sp³-hybridized carbons (Fsp3) is 0.154. The van der Waals surface area contributed by atoms with Crippen LogP contribution in [-0.4, -0.2) is 20.5 Å². The highest BCUT2D eigenvalue weighted by Gasteiger charge is 2.14. The van der Waals surface area contributed by atoms with Gasteiger partial charge in [-0.1, -0.05) is 12.1 Å². The molecule has 0 radical (unpaired) electrons. The first-order valence-electron chi connectivity index (χ1n) is 5.85. The summed E-state index contributed by atoms with van der Waals surface area (Å²) >= 11 is 0. The molecule has 20 heavy (non-hydrogen) atoms. The van der Waals surface area contributed by atoms with Gasteiger partial charge in [-0.3, -0.25) is 0 Å². The molecule has 0 atom stereocenters. The molecule has 0 aliphatic rings. The molecular formula is C13H15N3O3S. The van der Waals surface area contributed by atoms with Crippen molar-refractivity contribution >= 4 is 15.7 Å². The first-order valence-corrected chi connectivity index (χ1v) is 7.34. The number of nitrogens with one attached hydrogen (secondary N) is 1. The van der Waals surface area contributed by atoms with Gasteiger partial charge in [0.2, 0.25) is 0 Å². The number of anilines is 1. The maximum absolute atomic E-state index is 12.0. The van der Waals surface area contributed by atoms with E-state index in [0.717, 1.165) is 11.3 Å². The second-order valence-electron chi connectivity index (χ2n) is 4.10. The Bertz CT molecular complexity index is 667. The zero-order chi connectivity index (χ0) is 14.6. The minimum absolute atomic E-state index is 0.0554. The fourth-order valence-corrected chi connectivity index (χ4v) is 2.49. The molecule has 0 saturated carbocycles. The number of ether oxygens (including phenoxy) is 1. The average Bonchev–Trinajstić information content (AvgIpc) is 2.46. The van der Waals surface area contributed by atoms with Gasteiger partial charge in [0.25, 0.3) is 10.0 Å². The van der Waals surface area contributed by atoms with Gasteiger partial charge >= 0.3 is 0 Å². The highest BCUT2D eigenvalue weighted by molar-refractivity contribution is 7.89. The Morgan fingerprint density at radius 3 is 2.45 bits per heavy atom. The number of benzene rings is 1. The second kappa shape index (κ2) is 5.89. The van der Waals surface area contributed by atoms with Crippen molar-refractivity contribution in [1.82, 2.24) is 9.71 Å². The molecule has 0 saturated heterocycles. The molecule has 1 heterocycles. The van der Waals surface area contributed by atoms with Gasteiger partial charge in [0, 0.05) is 6.54 Å². The molecule has 0 amide bonds. The van der Waals surface area contributed by atoms with Crippen molar-refractivity contribution in [2.24, 2.45) is 0 Å². The van der Waals surface area contributed by atoms with Crippen LogP contribution in [0.15, 0.2) is 47.6 Å². The number of methoxy groups -OCH3 is 1. The predicted octanol–water partition coefficient (Wildman–Crippen LogP) is 1.15. The van der Waals surface area contributed by atoms with Gasteiger partial charge < -0.3 is 10.5 Å². The molecule has 1 aromatic heterocycles. The van der Waals surface area contributed by atoms with E-state index < -0.39 is 10.0 Å². The quantitative estimate of drug-likeness (QED) is 0.862. The minimum atomic E-state index is -3.64. The lowest BCUT2D eigenvalue weighted by molar-refractivity contribution is 0.414. The maximum atomic E-state index is 12.0. The van der Waals surface area contributed by atoms with E-state index >= 15 is 0 Å². The summed E-state index contributed by atoms with van der Waals surface area (Å²) in [7, 11) is -2.06. The summed E-state index contributed by atoms with van der Waals surface area (Å²) in [6.45, 7) is 0.179. The van der Waals surface area contributed by atoms with Crippen LogP contribution in [-0.2, 0) is 16.6 Å². The molecule has 0 bridgehead atoms. The third-order valence-electron chi connectivity index (χ3n) is 2.66. The first kappa shape index (κ1) is 14.3. The Hall–Kier alpha value is -2.12. The van der Waals surface area contributed by atoms with Crippen LogP contribution in [0, 0.1) is 0 Å². The van der Waals surface area contributed by atoms with Gasteiger partial charge in [0.1, 0.15) is 5.75 Å². The molecule has 1 aromatic carbocycles. The SMILES string of the molecule is COc1ccc(CNS(=O)(=O)c2ccc(N)cn2)cc1. The second-order valence-corrected chi connectivity index (χ2v) is 5.82. The van der Waals surface area contributed by atoms with Crippen LogP contribution in [0.3, 0.4) is 0 Å². The largest absolute Gasteiger partial charge is 0.497 e. The molecule has 0 fully saturated rings. The van der Waals surface area contributed by atoms with E-state index in [4.69, 9.17) is 10.5 Å². The normalized spacial score (nSPS) is 11.2. The number of hydrogen-bond donors (Lipinski definition) is 2. The van der Waals surface area contributed by atoms with Gasteiger partial charge in [0.05, 0.1) is 19.0 Å². The molecule has 0 unspecified atom stereocenters. The monoisotopic (exact) mass is 293 g/mol. The molecule has 0 aliphatic heterocycles. The number of pyridine rings is 1. The van der Waals surface area contributed by atoms with Crippen molar-refractivity contribution in [2.45, 2.75) is 11.6 Å². The van der Waals surface area contributed by atoms with Gasteiger partial charge in [-0.2, -0.15) is 0 Å². The van der Waals surface area contributed by atoms with E-state index in [1.807, 2.05) is 0 Å². The fourth-order valence-electron chi connectivity index (χ4n) is 1.55. The summed E-state index contributed by atoms with van der Waals surface area (Å²) < 4.78 is 31.5. The van der Waals surface area contributed by atoms with Crippen molar-refractivity contribution in [3.8, 4) is 5.75 Å². The molecule has 0 spiro atoms. The summed E-state index contributed by atoms with van der Waals surface area (Å²) in [6.07, 6.45) is 1.31. The standard InChI is InChI=1S/C13H15N3O3S/c1-19-12-5-2-10(3-6-12)8-16-20(17,18)13-7-4-11(14)9-15-13/h2-7,9,16H,8,14H2,1H3. The van der Waals surface area contributed by atoms with Crippen LogP contribution in [0.5, 0.6) is 5.75 Å². The highest BCUT2D eigenvalue weighted by Crippen LogP contribution is 2.12. The number of nitrogens with two attached hydrogens (primary N) is 1. The minimum Gasteiger partial charge on any atom is -0.497 e. The average molecular weight is 293 g/mol. The Morgan fingerprint density at radius 2 is 1.90 bits per heavy atom. The van der Waals surface area contributed by atoms with E-state index in [-0.39, 0.29) is 11.6 Å². The Labute approximate surface area is 117 Å². The van der Waals surface area contributed by atoms with Gasteiger partial charge in [-0.15, -0.1) is 0 Å². The third kappa shape index (κ3) is 3.46. The van der Waals surface area contributed by atoms with Gasteiger partial charge in [0.15, 0.2) is 5.03 Å². The maximum Gasteiger partial charge on any atom is 0.258 e. The highest BCUT2D eigenvalue weighted by atomic mass is 32.2. The van der Waals surface area contributed by atoms with Crippen molar-refractivity contribution < 1.29 is 13.2 Å².